The Balaban J connectivity index is 1.71. The summed E-state index contributed by atoms with van der Waals surface area (Å²) in [7, 11) is 0. The van der Waals surface area contributed by atoms with Gasteiger partial charge in [0.05, 0.1) is 12.0 Å². The highest BCUT2D eigenvalue weighted by Crippen LogP contribution is 2.16. The summed E-state index contributed by atoms with van der Waals surface area (Å²) in [6.07, 6.45) is 3.56. The lowest BCUT2D eigenvalue weighted by molar-refractivity contribution is 0.0934. The lowest BCUT2D eigenvalue weighted by atomic mass is 10.0. The summed E-state index contributed by atoms with van der Waals surface area (Å²) in [6.45, 7) is 4.31. The second-order valence-electron chi connectivity index (χ2n) is 6.23. The van der Waals surface area contributed by atoms with E-state index in [1.165, 1.54) is 6.33 Å². The van der Waals surface area contributed by atoms with Crippen LogP contribution in [0.5, 0.6) is 0 Å². The highest BCUT2D eigenvalue weighted by Gasteiger charge is 2.17. The summed E-state index contributed by atoms with van der Waals surface area (Å²) in [5.41, 5.74) is 1.15. The van der Waals surface area contributed by atoms with Gasteiger partial charge >= 0.3 is 0 Å². The van der Waals surface area contributed by atoms with Gasteiger partial charge in [-0.05, 0) is 24.1 Å². The van der Waals surface area contributed by atoms with Crippen LogP contribution < -0.4 is 5.32 Å². The van der Waals surface area contributed by atoms with Crippen molar-refractivity contribution in [2.75, 3.05) is 13.2 Å². The number of carbonyl (C=O) groups excluding carboxylic acids is 1. The SMILES string of the molecule is CC(C)c1cc(C(=O)NCC(CO)Cc2ccco2)nc2ncnn12. The minimum absolute atomic E-state index is 0.0468. The Kier molecular flexibility index (Phi) is 5.08. The van der Waals surface area contributed by atoms with Crippen molar-refractivity contribution in [3.05, 3.63) is 47.9 Å². The highest BCUT2D eigenvalue weighted by atomic mass is 16.3. The van der Waals surface area contributed by atoms with Crippen molar-refractivity contribution < 1.29 is 14.3 Å². The Hall–Kier alpha value is -2.74. The zero-order chi connectivity index (χ0) is 17.8. The molecule has 2 N–H and O–H groups in total. The molecule has 1 atom stereocenters. The topological polar surface area (TPSA) is 106 Å². The molecule has 1 unspecified atom stereocenters. The molecule has 1 amide bonds. The first kappa shape index (κ1) is 17.1. The van der Waals surface area contributed by atoms with E-state index in [-0.39, 0.29) is 24.3 Å². The number of nitrogens with zero attached hydrogens (tertiary/aromatic N) is 4. The van der Waals surface area contributed by atoms with E-state index in [9.17, 15) is 9.90 Å². The van der Waals surface area contributed by atoms with Crippen molar-refractivity contribution in [1.82, 2.24) is 24.9 Å². The Bertz CT molecular complexity index is 841. The number of fused-ring (bicyclic) bond motifs is 1. The molecule has 0 saturated carbocycles. The molecule has 0 saturated heterocycles. The molecule has 3 aromatic heterocycles. The number of hydrogen-bond acceptors (Lipinski definition) is 6. The number of nitrogens with one attached hydrogen (secondary N) is 1. The first-order chi connectivity index (χ1) is 12.1. The maximum absolute atomic E-state index is 12.5. The van der Waals surface area contributed by atoms with Gasteiger partial charge in [0, 0.05) is 25.5 Å². The number of carbonyl (C=O) groups is 1. The van der Waals surface area contributed by atoms with E-state index in [1.807, 2.05) is 19.9 Å². The van der Waals surface area contributed by atoms with Gasteiger partial charge in [0.2, 0.25) is 0 Å². The number of rotatable bonds is 7. The van der Waals surface area contributed by atoms with Gasteiger partial charge in [0.1, 0.15) is 17.8 Å². The van der Waals surface area contributed by atoms with E-state index >= 15 is 0 Å². The van der Waals surface area contributed by atoms with E-state index in [4.69, 9.17) is 4.42 Å². The predicted octanol–water partition coefficient (Wildman–Crippen LogP) is 1.42. The van der Waals surface area contributed by atoms with Crippen molar-refractivity contribution in [3.63, 3.8) is 0 Å². The van der Waals surface area contributed by atoms with Gasteiger partial charge in [-0.2, -0.15) is 10.1 Å². The van der Waals surface area contributed by atoms with Crippen LogP contribution in [0.4, 0.5) is 0 Å². The molecule has 0 bridgehead atoms. The van der Waals surface area contributed by atoms with Crippen molar-refractivity contribution in [1.29, 1.82) is 0 Å². The zero-order valence-corrected chi connectivity index (χ0v) is 14.2. The van der Waals surface area contributed by atoms with Gasteiger partial charge in [-0.3, -0.25) is 4.79 Å². The maximum atomic E-state index is 12.5. The normalized spacial score (nSPS) is 12.6. The molecule has 0 aromatic carbocycles. The molecule has 8 heteroatoms. The third kappa shape index (κ3) is 3.85. The Morgan fingerprint density at radius 1 is 1.44 bits per heavy atom. The minimum atomic E-state index is -0.301. The van der Waals surface area contributed by atoms with Gasteiger partial charge < -0.3 is 14.8 Å². The monoisotopic (exact) mass is 343 g/mol. The average molecular weight is 343 g/mol. The summed E-state index contributed by atoms with van der Waals surface area (Å²) in [4.78, 5) is 20.8. The number of furan rings is 1. The van der Waals surface area contributed by atoms with Crippen LogP contribution in [0.25, 0.3) is 5.78 Å². The van der Waals surface area contributed by atoms with Crippen molar-refractivity contribution in [2.24, 2.45) is 5.92 Å². The van der Waals surface area contributed by atoms with Crippen LogP contribution in [0, 0.1) is 5.92 Å². The van der Waals surface area contributed by atoms with Crippen LogP contribution >= 0.6 is 0 Å². The zero-order valence-electron chi connectivity index (χ0n) is 14.2. The predicted molar refractivity (Wildman–Crippen MR) is 90.2 cm³/mol. The van der Waals surface area contributed by atoms with Gasteiger partial charge in [-0.25, -0.2) is 9.50 Å². The standard InChI is InChI=1S/C17H21N5O3/c1-11(2)15-7-14(21-17-19-10-20-22(15)17)16(24)18-8-12(9-23)6-13-4-3-5-25-13/h3-5,7,10-12,23H,6,8-9H2,1-2H3,(H,18,24). The third-order valence-corrected chi connectivity index (χ3v) is 3.98. The maximum Gasteiger partial charge on any atom is 0.270 e. The molecule has 3 aromatic rings. The Morgan fingerprint density at radius 3 is 2.96 bits per heavy atom. The van der Waals surface area contributed by atoms with E-state index in [1.54, 1.807) is 22.9 Å². The molecule has 0 fully saturated rings. The molecule has 0 aliphatic rings. The molecular formula is C17H21N5O3. The second kappa shape index (κ2) is 7.43. The van der Waals surface area contributed by atoms with Gasteiger partial charge in [-0.1, -0.05) is 13.8 Å². The number of hydrogen-bond donors (Lipinski definition) is 2. The van der Waals surface area contributed by atoms with Crippen molar-refractivity contribution in [3.8, 4) is 0 Å². The molecule has 0 aliphatic carbocycles. The number of amides is 1. The van der Waals surface area contributed by atoms with Crippen LogP contribution in [0.3, 0.4) is 0 Å². The summed E-state index contributed by atoms with van der Waals surface area (Å²) in [5, 5.41) is 16.5. The van der Waals surface area contributed by atoms with Crippen molar-refractivity contribution >= 4 is 11.7 Å². The molecule has 25 heavy (non-hydrogen) atoms. The largest absolute Gasteiger partial charge is 0.469 e. The molecule has 8 nitrogen and oxygen atoms in total. The van der Waals surface area contributed by atoms with Crippen molar-refractivity contribution in [2.45, 2.75) is 26.2 Å². The lowest BCUT2D eigenvalue weighted by Gasteiger charge is -2.14. The smallest absolute Gasteiger partial charge is 0.270 e. The second-order valence-corrected chi connectivity index (χ2v) is 6.23. The molecule has 0 radical (unpaired) electrons. The number of aliphatic hydroxyl groups is 1. The van der Waals surface area contributed by atoms with Crippen LogP contribution in [0.1, 0.15) is 41.7 Å². The van der Waals surface area contributed by atoms with E-state index in [2.05, 4.69) is 20.4 Å². The van der Waals surface area contributed by atoms with Crippen LogP contribution in [-0.4, -0.2) is 43.7 Å². The van der Waals surface area contributed by atoms with Crippen LogP contribution in [-0.2, 0) is 6.42 Å². The van der Waals surface area contributed by atoms with Gasteiger partial charge in [0.15, 0.2) is 0 Å². The molecule has 3 rings (SSSR count). The van der Waals surface area contributed by atoms with E-state index < -0.39 is 0 Å². The fourth-order valence-corrected chi connectivity index (χ4v) is 2.60. The fourth-order valence-electron chi connectivity index (χ4n) is 2.60. The van der Waals surface area contributed by atoms with E-state index in [0.717, 1.165) is 11.5 Å². The fraction of sp³-hybridized carbons (Fsp3) is 0.412. The Labute approximate surface area is 144 Å². The quantitative estimate of drug-likeness (QED) is 0.672. The summed E-state index contributed by atoms with van der Waals surface area (Å²) in [6, 6.07) is 5.37. The van der Waals surface area contributed by atoms with Gasteiger partial charge in [-0.15, -0.1) is 0 Å². The molecule has 3 heterocycles. The van der Waals surface area contributed by atoms with Crippen LogP contribution in [0.2, 0.25) is 0 Å². The molecular weight excluding hydrogens is 322 g/mol. The number of aliphatic hydroxyl groups excluding tert-OH is 1. The highest BCUT2D eigenvalue weighted by molar-refractivity contribution is 5.92. The third-order valence-electron chi connectivity index (χ3n) is 3.98. The van der Waals surface area contributed by atoms with E-state index in [0.29, 0.717) is 24.4 Å². The molecule has 0 aliphatic heterocycles. The minimum Gasteiger partial charge on any atom is -0.469 e. The summed E-state index contributed by atoms with van der Waals surface area (Å²) >= 11 is 0. The summed E-state index contributed by atoms with van der Waals surface area (Å²) in [5.74, 6) is 0.911. The Morgan fingerprint density at radius 2 is 2.28 bits per heavy atom. The number of aromatic nitrogens is 4. The average Bonchev–Trinajstić information content (AvgIpc) is 3.28. The van der Waals surface area contributed by atoms with Gasteiger partial charge in [0.25, 0.3) is 11.7 Å². The first-order valence-corrected chi connectivity index (χ1v) is 8.20. The molecule has 132 valence electrons. The van der Waals surface area contributed by atoms with Crippen LogP contribution in [0.15, 0.2) is 35.2 Å². The molecule has 0 spiro atoms. The lowest BCUT2D eigenvalue weighted by Crippen LogP contribution is -2.32. The summed E-state index contributed by atoms with van der Waals surface area (Å²) < 4.78 is 6.92. The first-order valence-electron chi connectivity index (χ1n) is 8.20.